The first kappa shape index (κ1) is 10.7. The lowest BCUT2D eigenvalue weighted by atomic mass is 10.1. The van der Waals surface area contributed by atoms with E-state index in [1.807, 2.05) is 6.92 Å². The van der Waals surface area contributed by atoms with E-state index in [2.05, 4.69) is 11.1 Å². The van der Waals surface area contributed by atoms with Crippen LogP contribution >= 0.6 is 0 Å². The lowest BCUT2D eigenvalue weighted by Crippen LogP contribution is -2.48. The summed E-state index contributed by atoms with van der Waals surface area (Å²) in [6.07, 6.45) is 0. The number of rotatable bonds is 3. The van der Waals surface area contributed by atoms with E-state index in [0.29, 0.717) is 18.7 Å². The third-order valence-corrected chi connectivity index (χ3v) is 1.92. The zero-order valence-corrected chi connectivity index (χ0v) is 8.14. The Kier molecular flexibility index (Phi) is 3.59. The van der Waals surface area contributed by atoms with Crippen LogP contribution in [0.1, 0.15) is 22.8 Å². The minimum absolute atomic E-state index is 0.245. The molecule has 0 aliphatic carbocycles. The number of carbonyl (C=O) groups excluding carboxylic acids is 1. The van der Waals surface area contributed by atoms with Gasteiger partial charge in [0.15, 0.2) is 0 Å². The van der Waals surface area contributed by atoms with Crippen LogP contribution in [-0.2, 0) is 6.54 Å². The zero-order valence-electron chi connectivity index (χ0n) is 8.14. The van der Waals surface area contributed by atoms with Gasteiger partial charge in [0, 0.05) is 12.1 Å². The first-order chi connectivity index (χ1) is 6.69. The normalized spacial score (nSPS) is 9.93. The van der Waals surface area contributed by atoms with Crippen molar-refractivity contribution < 1.29 is 14.9 Å². The summed E-state index contributed by atoms with van der Waals surface area (Å²) >= 11 is 0. The van der Waals surface area contributed by atoms with Crippen LogP contribution in [0, 0.1) is 5.82 Å². The summed E-state index contributed by atoms with van der Waals surface area (Å²) in [4.78, 5) is 11.5. The Bertz CT molecular complexity index is 339. The molecule has 0 radical (unpaired) electrons. The summed E-state index contributed by atoms with van der Waals surface area (Å²) in [7, 11) is 0. The highest BCUT2D eigenvalue weighted by atomic mass is 19.1. The van der Waals surface area contributed by atoms with Crippen molar-refractivity contribution in [1.82, 2.24) is 5.32 Å². The molecule has 0 aliphatic rings. The van der Waals surface area contributed by atoms with Crippen LogP contribution in [0.15, 0.2) is 18.2 Å². The Balaban J connectivity index is 3.03. The molecule has 0 heterocycles. The molecule has 0 atom stereocenters. The highest BCUT2D eigenvalue weighted by Gasteiger charge is 2.11. The minimum Gasteiger partial charge on any atom is -0.354 e. The predicted molar refractivity (Wildman–Crippen MR) is 51.0 cm³/mol. The van der Waals surface area contributed by atoms with Gasteiger partial charge in [-0.1, -0.05) is 0 Å². The summed E-state index contributed by atoms with van der Waals surface area (Å²) in [5.41, 5.74) is 4.82. The molecular formula is C10H14FN2O+. The number of hydrogen-bond acceptors (Lipinski definition) is 1. The molecule has 1 aromatic rings. The van der Waals surface area contributed by atoms with Gasteiger partial charge in [-0.15, -0.1) is 0 Å². The van der Waals surface area contributed by atoms with Gasteiger partial charge >= 0.3 is 0 Å². The third kappa shape index (κ3) is 2.29. The Morgan fingerprint density at radius 1 is 1.57 bits per heavy atom. The van der Waals surface area contributed by atoms with Crippen molar-refractivity contribution >= 4 is 5.91 Å². The Morgan fingerprint density at radius 2 is 2.29 bits per heavy atom. The molecule has 0 unspecified atom stereocenters. The van der Waals surface area contributed by atoms with Crippen LogP contribution in [0.25, 0.3) is 0 Å². The number of benzene rings is 1. The monoisotopic (exact) mass is 197 g/mol. The van der Waals surface area contributed by atoms with Crippen LogP contribution in [-0.4, -0.2) is 12.5 Å². The predicted octanol–water partition coefficient (Wildman–Crippen LogP) is 0.317. The van der Waals surface area contributed by atoms with E-state index < -0.39 is 5.82 Å². The van der Waals surface area contributed by atoms with Crippen LogP contribution in [0.3, 0.4) is 0 Å². The standard InChI is InChI=1S/C10H13FN2O/c1-2-13-10(14)9-5-8(11)4-3-7(9)6-12/h3-5H,2,6,12H2,1H3,(H,13,14)/p+1. The van der Waals surface area contributed by atoms with Crippen molar-refractivity contribution in [2.75, 3.05) is 6.54 Å². The number of carbonyl (C=O) groups is 1. The Hall–Kier alpha value is -1.42. The summed E-state index contributed by atoms with van der Waals surface area (Å²) in [5, 5.41) is 2.63. The first-order valence-electron chi connectivity index (χ1n) is 4.55. The molecule has 0 saturated heterocycles. The highest BCUT2D eigenvalue weighted by molar-refractivity contribution is 5.95. The van der Waals surface area contributed by atoms with Crippen LogP contribution in [0.5, 0.6) is 0 Å². The fraction of sp³-hybridized carbons (Fsp3) is 0.300. The van der Waals surface area contributed by atoms with E-state index in [4.69, 9.17) is 0 Å². The summed E-state index contributed by atoms with van der Waals surface area (Å²) in [6, 6.07) is 4.17. The lowest BCUT2D eigenvalue weighted by Gasteiger charge is -2.06. The van der Waals surface area contributed by atoms with E-state index in [9.17, 15) is 9.18 Å². The van der Waals surface area contributed by atoms with Crippen LogP contribution in [0.4, 0.5) is 4.39 Å². The summed E-state index contributed by atoms with van der Waals surface area (Å²) in [5.74, 6) is -0.644. The Morgan fingerprint density at radius 3 is 2.86 bits per heavy atom. The van der Waals surface area contributed by atoms with Crippen molar-refractivity contribution in [2.24, 2.45) is 0 Å². The second kappa shape index (κ2) is 4.72. The molecule has 0 spiro atoms. The molecule has 76 valence electrons. The molecule has 0 saturated carbocycles. The van der Waals surface area contributed by atoms with E-state index in [1.165, 1.54) is 12.1 Å². The number of halogens is 1. The first-order valence-corrected chi connectivity index (χ1v) is 4.55. The largest absolute Gasteiger partial charge is 0.354 e. The van der Waals surface area contributed by atoms with E-state index in [-0.39, 0.29) is 5.91 Å². The number of hydrogen-bond donors (Lipinski definition) is 2. The number of nitrogens with one attached hydrogen (secondary N) is 1. The molecule has 0 aliphatic heterocycles. The molecule has 4 heteroatoms. The van der Waals surface area contributed by atoms with Gasteiger partial charge in [-0.2, -0.15) is 0 Å². The fourth-order valence-electron chi connectivity index (χ4n) is 1.23. The van der Waals surface area contributed by atoms with Gasteiger partial charge in [-0.25, -0.2) is 4.39 Å². The molecular weight excluding hydrogens is 183 g/mol. The van der Waals surface area contributed by atoms with Gasteiger partial charge < -0.3 is 11.1 Å². The fourth-order valence-corrected chi connectivity index (χ4v) is 1.23. The molecule has 14 heavy (non-hydrogen) atoms. The van der Waals surface area contributed by atoms with Crippen LogP contribution < -0.4 is 11.1 Å². The molecule has 0 bridgehead atoms. The average molecular weight is 197 g/mol. The van der Waals surface area contributed by atoms with Crippen molar-refractivity contribution in [3.63, 3.8) is 0 Å². The maximum atomic E-state index is 12.9. The maximum Gasteiger partial charge on any atom is 0.251 e. The molecule has 0 fully saturated rings. The van der Waals surface area contributed by atoms with Gasteiger partial charge in [-0.3, -0.25) is 4.79 Å². The zero-order chi connectivity index (χ0) is 10.6. The minimum atomic E-state index is -0.400. The van der Waals surface area contributed by atoms with Gasteiger partial charge in [0.1, 0.15) is 12.4 Å². The smallest absolute Gasteiger partial charge is 0.251 e. The lowest BCUT2D eigenvalue weighted by molar-refractivity contribution is -0.386. The molecule has 1 amide bonds. The van der Waals surface area contributed by atoms with Gasteiger partial charge in [0.05, 0.1) is 5.56 Å². The molecule has 1 aromatic carbocycles. The van der Waals surface area contributed by atoms with Gasteiger partial charge in [0.2, 0.25) is 0 Å². The molecule has 4 N–H and O–H groups in total. The van der Waals surface area contributed by atoms with Crippen molar-refractivity contribution in [3.8, 4) is 0 Å². The molecule has 3 nitrogen and oxygen atoms in total. The third-order valence-electron chi connectivity index (χ3n) is 1.92. The molecule has 0 aromatic heterocycles. The topological polar surface area (TPSA) is 56.7 Å². The van der Waals surface area contributed by atoms with Crippen LogP contribution in [0.2, 0.25) is 0 Å². The number of amides is 1. The average Bonchev–Trinajstić information content (AvgIpc) is 2.18. The highest BCUT2D eigenvalue weighted by Crippen LogP contribution is 2.10. The SMILES string of the molecule is CCNC(=O)c1cc(F)ccc1C[NH3+]. The van der Waals surface area contributed by atoms with Gasteiger partial charge in [-0.05, 0) is 25.1 Å². The van der Waals surface area contributed by atoms with E-state index >= 15 is 0 Å². The second-order valence-corrected chi connectivity index (χ2v) is 2.91. The van der Waals surface area contributed by atoms with Crippen molar-refractivity contribution in [2.45, 2.75) is 13.5 Å². The summed E-state index contributed by atoms with van der Waals surface area (Å²) < 4.78 is 12.9. The summed E-state index contributed by atoms with van der Waals surface area (Å²) in [6.45, 7) is 2.83. The quantitative estimate of drug-likeness (QED) is 0.720. The molecule has 1 rings (SSSR count). The van der Waals surface area contributed by atoms with Crippen molar-refractivity contribution in [3.05, 3.63) is 35.1 Å². The van der Waals surface area contributed by atoms with Gasteiger partial charge in [0.25, 0.3) is 5.91 Å². The van der Waals surface area contributed by atoms with Crippen molar-refractivity contribution in [1.29, 1.82) is 0 Å². The van der Waals surface area contributed by atoms with E-state index in [1.54, 1.807) is 6.07 Å². The Labute approximate surface area is 82.1 Å². The van der Waals surface area contributed by atoms with E-state index in [0.717, 1.165) is 5.56 Å². The second-order valence-electron chi connectivity index (χ2n) is 2.91. The number of quaternary nitrogens is 1. The maximum absolute atomic E-state index is 12.9.